The van der Waals surface area contributed by atoms with E-state index in [9.17, 15) is 10.1 Å². The Morgan fingerprint density at radius 1 is 1.53 bits per heavy atom. The van der Waals surface area contributed by atoms with Gasteiger partial charge in [-0.3, -0.25) is 10.1 Å². The Bertz CT molecular complexity index is 456. The fourth-order valence-electron chi connectivity index (χ4n) is 1.81. The van der Waals surface area contributed by atoms with Crippen molar-refractivity contribution in [1.82, 2.24) is 4.57 Å². The average molecular weight is 236 g/mol. The number of nitrogens with zero attached hydrogens (tertiary/aromatic N) is 2. The molecule has 1 heterocycles. The summed E-state index contributed by atoms with van der Waals surface area (Å²) in [5.41, 5.74) is 3.40. The zero-order valence-electron chi connectivity index (χ0n) is 11.2. The number of aryl methyl sites for hydroxylation is 1. The van der Waals surface area contributed by atoms with E-state index < -0.39 is 0 Å². The van der Waals surface area contributed by atoms with E-state index in [-0.39, 0.29) is 16.5 Å². The van der Waals surface area contributed by atoms with Gasteiger partial charge >= 0.3 is 0 Å². The third-order valence-electron chi connectivity index (χ3n) is 2.99. The Kier molecular flexibility index (Phi) is 4.10. The molecule has 94 valence electrons. The van der Waals surface area contributed by atoms with Crippen LogP contribution in [0.5, 0.6) is 0 Å². The molecule has 0 bridgehead atoms. The first-order valence-electron chi connectivity index (χ1n) is 5.80. The van der Waals surface area contributed by atoms with Crippen LogP contribution in [0.15, 0.2) is 11.8 Å². The maximum atomic E-state index is 11.0. The van der Waals surface area contributed by atoms with Crippen molar-refractivity contribution < 1.29 is 4.92 Å². The van der Waals surface area contributed by atoms with Crippen molar-refractivity contribution in [3.8, 4) is 0 Å². The molecule has 1 rings (SSSR count). The van der Waals surface area contributed by atoms with Gasteiger partial charge in [-0.1, -0.05) is 13.8 Å². The molecular weight excluding hydrogens is 216 g/mol. The van der Waals surface area contributed by atoms with Gasteiger partial charge in [-0.15, -0.1) is 0 Å². The first-order chi connectivity index (χ1) is 7.82. The molecule has 0 saturated carbocycles. The van der Waals surface area contributed by atoms with Crippen LogP contribution in [0.3, 0.4) is 0 Å². The summed E-state index contributed by atoms with van der Waals surface area (Å²) in [5, 5.41) is 11.0. The second-order valence-corrected chi connectivity index (χ2v) is 4.88. The van der Waals surface area contributed by atoms with Crippen LogP contribution in [-0.4, -0.2) is 9.49 Å². The number of aromatic nitrogens is 1. The lowest BCUT2D eigenvalue weighted by molar-refractivity contribution is -0.427. The number of hydrogen-bond acceptors (Lipinski definition) is 2. The lowest BCUT2D eigenvalue weighted by atomic mass is 10.1. The highest BCUT2D eigenvalue weighted by Gasteiger charge is 2.15. The lowest BCUT2D eigenvalue weighted by Gasteiger charge is -2.02. The standard InChI is InChI=1S/C13H20N2O2/c1-9(2)6-13(15(16)17)8-12-7-10(3)14(5)11(12)4/h7-9H,6H2,1-5H3. The van der Waals surface area contributed by atoms with Crippen molar-refractivity contribution in [3.63, 3.8) is 0 Å². The fraction of sp³-hybridized carbons (Fsp3) is 0.538. The first kappa shape index (κ1) is 13.5. The topological polar surface area (TPSA) is 48.1 Å². The van der Waals surface area contributed by atoms with E-state index in [0.29, 0.717) is 6.42 Å². The van der Waals surface area contributed by atoms with E-state index >= 15 is 0 Å². The maximum absolute atomic E-state index is 11.0. The van der Waals surface area contributed by atoms with Gasteiger partial charge < -0.3 is 4.57 Å². The van der Waals surface area contributed by atoms with Crippen LogP contribution in [0.1, 0.15) is 37.2 Å². The Morgan fingerprint density at radius 2 is 2.12 bits per heavy atom. The summed E-state index contributed by atoms with van der Waals surface area (Å²) in [4.78, 5) is 10.7. The van der Waals surface area contributed by atoms with Gasteiger partial charge in [0.05, 0.1) is 4.92 Å². The van der Waals surface area contributed by atoms with Crippen molar-refractivity contribution in [2.24, 2.45) is 13.0 Å². The molecule has 0 aromatic carbocycles. The van der Waals surface area contributed by atoms with E-state index in [0.717, 1.165) is 17.0 Å². The molecule has 1 aromatic rings. The van der Waals surface area contributed by atoms with Gasteiger partial charge in [-0.2, -0.15) is 0 Å². The minimum atomic E-state index is -0.276. The molecular formula is C13H20N2O2. The quantitative estimate of drug-likeness (QED) is 0.594. The minimum Gasteiger partial charge on any atom is -0.352 e. The number of allylic oxidation sites excluding steroid dienone is 1. The Labute approximate surface area is 102 Å². The van der Waals surface area contributed by atoms with Gasteiger partial charge in [0.2, 0.25) is 5.70 Å². The van der Waals surface area contributed by atoms with Crippen molar-refractivity contribution in [3.05, 3.63) is 38.8 Å². The number of hydrogen-bond donors (Lipinski definition) is 0. The van der Waals surface area contributed by atoms with Gasteiger partial charge in [-0.05, 0) is 25.8 Å². The lowest BCUT2D eigenvalue weighted by Crippen LogP contribution is -2.02. The smallest absolute Gasteiger partial charge is 0.247 e. The highest BCUT2D eigenvalue weighted by Crippen LogP contribution is 2.20. The van der Waals surface area contributed by atoms with Crippen molar-refractivity contribution in [1.29, 1.82) is 0 Å². The average Bonchev–Trinajstić information content (AvgIpc) is 2.44. The summed E-state index contributed by atoms with van der Waals surface area (Å²) in [6.45, 7) is 7.95. The predicted octanol–water partition coefficient (Wildman–Crippen LogP) is 3.31. The van der Waals surface area contributed by atoms with Gasteiger partial charge in [0.15, 0.2) is 0 Å². The van der Waals surface area contributed by atoms with Gasteiger partial charge in [-0.25, -0.2) is 0 Å². The third-order valence-corrected chi connectivity index (χ3v) is 2.99. The molecule has 4 heteroatoms. The molecule has 0 aliphatic rings. The second kappa shape index (κ2) is 5.17. The molecule has 17 heavy (non-hydrogen) atoms. The van der Waals surface area contributed by atoms with Crippen molar-refractivity contribution >= 4 is 6.08 Å². The van der Waals surface area contributed by atoms with Crippen LogP contribution >= 0.6 is 0 Å². The van der Waals surface area contributed by atoms with Crippen LogP contribution in [0.4, 0.5) is 0 Å². The second-order valence-electron chi connectivity index (χ2n) is 4.88. The van der Waals surface area contributed by atoms with E-state index in [2.05, 4.69) is 0 Å². The number of nitro groups is 1. The summed E-state index contributed by atoms with van der Waals surface area (Å²) in [7, 11) is 1.97. The molecule has 0 atom stereocenters. The monoisotopic (exact) mass is 236 g/mol. The Morgan fingerprint density at radius 3 is 2.47 bits per heavy atom. The highest BCUT2D eigenvalue weighted by atomic mass is 16.6. The molecule has 0 amide bonds. The largest absolute Gasteiger partial charge is 0.352 e. The highest BCUT2D eigenvalue weighted by molar-refractivity contribution is 5.55. The molecule has 1 aromatic heterocycles. The van der Waals surface area contributed by atoms with Crippen LogP contribution in [0.2, 0.25) is 0 Å². The molecule has 0 spiro atoms. The SMILES string of the molecule is Cc1cc(C=C(CC(C)C)[N+](=O)[O-])c(C)n1C. The molecule has 0 unspecified atom stereocenters. The summed E-state index contributed by atoms with van der Waals surface area (Å²) in [6, 6.07) is 1.99. The maximum Gasteiger partial charge on any atom is 0.247 e. The van der Waals surface area contributed by atoms with Crippen molar-refractivity contribution in [2.75, 3.05) is 0 Å². The summed E-state index contributed by atoms with van der Waals surface area (Å²) < 4.78 is 2.04. The molecule has 0 fully saturated rings. The summed E-state index contributed by atoms with van der Waals surface area (Å²) in [5.74, 6) is 0.289. The van der Waals surface area contributed by atoms with E-state index in [1.54, 1.807) is 6.08 Å². The van der Waals surface area contributed by atoms with Gasteiger partial charge in [0.1, 0.15) is 0 Å². The minimum absolute atomic E-state index is 0.276. The van der Waals surface area contributed by atoms with Crippen LogP contribution in [0, 0.1) is 29.9 Å². The summed E-state index contributed by atoms with van der Waals surface area (Å²) >= 11 is 0. The first-order valence-corrected chi connectivity index (χ1v) is 5.80. The Hall–Kier alpha value is -1.58. The predicted molar refractivity (Wildman–Crippen MR) is 69.3 cm³/mol. The van der Waals surface area contributed by atoms with E-state index in [1.165, 1.54) is 0 Å². The zero-order chi connectivity index (χ0) is 13.2. The molecule has 0 N–H and O–H groups in total. The fourth-order valence-corrected chi connectivity index (χ4v) is 1.81. The van der Waals surface area contributed by atoms with Crippen molar-refractivity contribution in [2.45, 2.75) is 34.1 Å². The Balaban J connectivity index is 3.13. The third kappa shape index (κ3) is 3.19. The molecule has 0 radical (unpaired) electrons. The van der Waals surface area contributed by atoms with Crippen LogP contribution in [-0.2, 0) is 7.05 Å². The molecule has 0 aliphatic heterocycles. The molecule has 0 aliphatic carbocycles. The molecule has 0 saturated heterocycles. The zero-order valence-corrected chi connectivity index (χ0v) is 11.2. The normalized spacial score (nSPS) is 12.2. The van der Waals surface area contributed by atoms with E-state index in [1.807, 2.05) is 45.4 Å². The summed E-state index contributed by atoms with van der Waals surface area (Å²) in [6.07, 6.45) is 2.20. The van der Waals surface area contributed by atoms with Crippen LogP contribution in [0.25, 0.3) is 6.08 Å². The van der Waals surface area contributed by atoms with Gasteiger partial charge in [0, 0.05) is 36.5 Å². The van der Waals surface area contributed by atoms with Crippen LogP contribution < -0.4 is 0 Å². The van der Waals surface area contributed by atoms with E-state index in [4.69, 9.17) is 0 Å². The molecule has 4 nitrogen and oxygen atoms in total. The number of rotatable bonds is 4. The van der Waals surface area contributed by atoms with Gasteiger partial charge in [0.25, 0.3) is 0 Å².